The van der Waals surface area contributed by atoms with Crippen LogP contribution in [-0.4, -0.2) is 38.1 Å². The SMILES string of the molecule is C=C1COC(c2nc(-c3ccc(F)cc3)c(-c3ccnc(C(N)c4cccnc4)n3)[nH]2)OC1. The fourth-order valence-electron chi connectivity index (χ4n) is 3.51. The van der Waals surface area contributed by atoms with Crippen LogP contribution < -0.4 is 5.73 Å². The van der Waals surface area contributed by atoms with Crippen molar-refractivity contribution in [1.29, 1.82) is 0 Å². The number of benzene rings is 1. The summed E-state index contributed by atoms with van der Waals surface area (Å²) in [5.74, 6) is 0.581. The number of nitrogens with one attached hydrogen (secondary N) is 1. The Balaban J connectivity index is 1.56. The van der Waals surface area contributed by atoms with E-state index in [0.29, 0.717) is 47.5 Å². The third kappa shape index (κ3) is 4.42. The predicted molar refractivity (Wildman–Crippen MR) is 119 cm³/mol. The molecule has 166 valence electrons. The topological polar surface area (TPSA) is 112 Å². The van der Waals surface area contributed by atoms with E-state index in [0.717, 1.165) is 11.1 Å². The summed E-state index contributed by atoms with van der Waals surface area (Å²) in [5, 5.41) is 0. The molecule has 1 fully saturated rings. The Bertz CT molecular complexity index is 1270. The first-order valence-electron chi connectivity index (χ1n) is 10.3. The van der Waals surface area contributed by atoms with E-state index in [-0.39, 0.29) is 5.82 Å². The number of nitrogens with two attached hydrogens (primary N) is 1. The smallest absolute Gasteiger partial charge is 0.217 e. The number of hydrogen-bond acceptors (Lipinski definition) is 7. The van der Waals surface area contributed by atoms with E-state index in [4.69, 9.17) is 20.2 Å². The Morgan fingerprint density at radius 1 is 1.06 bits per heavy atom. The van der Waals surface area contributed by atoms with Crippen LogP contribution in [0.5, 0.6) is 0 Å². The molecule has 1 saturated heterocycles. The van der Waals surface area contributed by atoms with Crippen LogP contribution in [-0.2, 0) is 9.47 Å². The summed E-state index contributed by atoms with van der Waals surface area (Å²) in [7, 11) is 0. The van der Waals surface area contributed by atoms with E-state index in [1.54, 1.807) is 36.8 Å². The first-order chi connectivity index (χ1) is 16.1. The summed E-state index contributed by atoms with van der Waals surface area (Å²) < 4.78 is 25.0. The normalized spacial score (nSPS) is 15.5. The number of rotatable bonds is 5. The molecule has 8 nitrogen and oxygen atoms in total. The minimum Gasteiger partial charge on any atom is -0.341 e. The second-order valence-electron chi connectivity index (χ2n) is 7.62. The third-order valence-corrected chi connectivity index (χ3v) is 5.19. The molecule has 1 unspecified atom stereocenters. The van der Waals surface area contributed by atoms with Gasteiger partial charge in [-0.15, -0.1) is 0 Å². The van der Waals surface area contributed by atoms with E-state index < -0.39 is 12.3 Å². The van der Waals surface area contributed by atoms with Crippen LogP contribution in [0, 0.1) is 5.82 Å². The maximum absolute atomic E-state index is 13.5. The zero-order valence-electron chi connectivity index (χ0n) is 17.6. The first kappa shape index (κ1) is 21.1. The van der Waals surface area contributed by atoms with Gasteiger partial charge in [0.2, 0.25) is 6.29 Å². The molecule has 4 heterocycles. The van der Waals surface area contributed by atoms with E-state index in [9.17, 15) is 4.39 Å². The molecule has 1 aliphatic heterocycles. The van der Waals surface area contributed by atoms with Gasteiger partial charge in [0.25, 0.3) is 0 Å². The van der Waals surface area contributed by atoms with Gasteiger partial charge >= 0.3 is 0 Å². The van der Waals surface area contributed by atoms with Gasteiger partial charge in [0.15, 0.2) is 5.82 Å². The molecule has 5 rings (SSSR count). The van der Waals surface area contributed by atoms with Crippen molar-refractivity contribution < 1.29 is 13.9 Å². The van der Waals surface area contributed by atoms with Gasteiger partial charge in [0.1, 0.15) is 11.6 Å². The lowest BCUT2D eigenvalue weighted by atomic mass is 10.1. The summed E-state index contributed by atoms with van der Waals surface area (Å²) in [4.78, 5) is 21.1. The van der Waals surface area contributed by atoms with Crippen LogP contribution in [0.25, 0.3) is 22.6 Å². The maximum atomic E-state index is 13.5. The van der Waals surface area contributed by atoms with Crippen molar-refractivity contribution in [2.24, 2.45) is 5.73 Å². The first-order valence-corrected chi connectivity index (χ1v) is 10.3. The molecule has 0 amide bonds. The largest absolute Gasteiger partial charge is 0.341 e. The zero-order valence-corrected chi connectivity index (χ0v) is 17.6. The highest BCUT2D eigenvalue weighted by atomic mass is 19.1. The molecule has 1 atom stereocenters. The van der Waals surface area contributed by atoms with Crippen molar-refractivity contribution in [3.63, 3.8) is 0 Å². The van der Waals surface area contributed by atoms with Gasteiger partial charge in [-0.25, -0.2) is 19.3 Å². The molecule has 3 N–H and O–H groups in total. The highest BCUT2D eigenvalue weighted by Gasteiger charge is 2.25. The number of H-pyrrole nitrogens is 1. The monoisotopic (exact) mass is 444 g/mol. The molecule has 9 heteroatoms. The number of halogens is 1. The minimum absolute atomic E-state index is 0.333. The predicted octanol–water partition coefficient (Wildman–Crippen LogP) is 3.72. The van der Waals surface area contributed by atoms with Crippen molar-refractivity contribution in [3.05, 3.63) is 96.2 Å². The third-order valence-electron chi connectivity index (χ3n) is 5.19. The number of nitrogens with zero attached hydrogens (tertiary/aromatic N) is 4. The van der Waals surface area contributed by atoms with Crippen molar-refractivity contribution in [2.45, 2.75) is 12.3 Å². The molecular weight excluding hydrogens is 423 g/mol. The lowest BCUT2D eigenvalue weighted by molar-refractivity contribution is -0.165. The van der Waals surface area contributed by atoms with E-state index in [1.807, 2.05) is 12.1 Å². The lowest BCUT2D eigenvalue weighted by Gasteiger charge is -2.22. The quantitative estimate of drug-likeness (QED) is 0.451. The fourth-order valence-corrected chi connectivity index (χ4v) is 3.51. The summed E-state index contributed by atoms with van der Waals surface area (Å²) in [6.07, 6.45) is 4.33. The standard InChI is InChI=1S/C24H21FN6O2/c1-14-12-32-24(33-13-14)23-30-20(15-4-6-17(25)7-5-15)21(31-23)18-8-10-28-22(29-18)19(26)16-3-2-9-27-11-16/h2-11,19,24H,1,12-13,26H2,(H,30,31). The molecule has 33 heavy (non-hydrogen) atoms. The summed E-state index contributed by atoms with van der Waals surface area (Å²) >= 11 is 0. The highest BCUT2D eigenvalue weighted by molar-refractivity contribution is 5.76. The van der Waals surface area contributed by atoms with Crippen molar-refractivity contribution in [3.8, 4) is 22.6 Å². The summed E-state index contributed by atoms with van der Waals surface area (Å²) in [6, 6.07) is 11.0. The van der Waals surface area contributed by atoms with Gasteiger partial charge < -0.3 is 20.2 Å². The van der Waals surface area contributed by atoms with Gasteiger partial charge in [0.05, 0.1) is 36.3 Å². The second-order valence-corrected chi connectivity index (χ2v) is 7.62. The number of aromatic amines is 1. The Morgan fingerprint density at radius 2 is 1.85 bits per heavy atom. The van der Waals surface area contributed by atoms with Crippen LogP contribution in [0.1, 0.15) is 29.5 Å². The highest BCUT2D eigenvalue weighted by Crippen LogP contribution is 2.33. The van der Waals surface area contributed by atoms with Gasteiger partial charge in [-0.2, -0.15) is 0 Å². The van der Waals surface area contributed by atoms with Gasteiger partial charge in [-0.3, -0.25) is 4.98 Å². The van der Waals surface area contributed by atoms with Crippen LogP contribution in [0.4, 0.5) is 4.39 Å². The minimum atomic E-state index is -0.678. The molecule has 0 radical (unpaired) electrons. The Labute approximate surface area is 189 Å². The van der Waals surface area contributed by atoms with Crippen molar-refractivity contribution >= 4 is 0 Å². The number of hydrogen-bond donors (Lipinski definition) is 2. The van der Waals surface area contributed by atoms with E-state index in [2.05, 4.69) is 26.5 Å². The fraction of sp³-hybridized carbons (Fsp3) is 0.167. The molecule has 0 aliphatic carbocycles. The lowest BCUT2D eigenvalue weighted by Crippen LogP contribution is -2.20. The zero-order chi connectivity index (χ0) is 22.8. The van der Waals surface area contributed by atoms with Crippen LogP contribution in [0.2, 0.25) is 0 Å². The van der Waals surface area contributed by atoms with Crippen LogP contribution in [0.3, 0.4) is 0 Å². The van der Waals surface area contributed by atoms with E-state index in [1.165, 1.54) is 12.1 Å². The summed E-state index contributed by atoms with van der Waals surface area (Å²) in [6.45, 7) is 4.63. The molecule has 0 bridgehead atoms. The number of pyridine rings is 1. The summed E-state index contributed by atoms with van der Waals surface area (Å²) in [5.41, 5.74) is 10.5. The second kappa shape index (κ2) is 8.99. The Hall–Kier alpha value is -3.79. The average Bonchev–Trinajstić information content (AvgIpc) is 3.31. The molecule has 0 saturated carbocycles. The molecule has 0 spiro atoms. The average molecular weight is 444 g/mol. The number of imidazole rings is 1. The number of ether oxygens (including phenoxy) is 2. The Kier molecular flexibility index (Phi) is 5.74. The van der Waals surface area contributed by atoms with Crippen molar-refractivity contribution in [1.82, 2.24) is 24.9 Å². The molecule has 1 aromatic carbocycles. The molecule has 1 aliphatic rings. The van der Waals surface area contributed by atoms with Crippen molar-refractivity contribution in [2.75, 3.05) is 13.2 Å². The van der Waals surface area contributed by atoms with Gasteiger partial charge in [-0.1, -0.05) is 12.6 Å². The van der Waals surface area contributed by atoms with Crippen LogP contribution >= 0.6 is 0 Å². The molecule has 4 aromatic rings. The maximum Gasteiger partial charge on any atom is 0.217 e. The molecular formula is C24H21FN6O2. The Morgan fingerprint density at radius 3 is 2.58 bits per heavy atom. The van der Waals surface area contributed by atoms with Gasteiger partial charge in [0, 0.05) is 24.2 Å². The van der Waals surface area contributed by atoms with Crippen LogP contribution in [0.15, 0.2) is 73.2 Å². The molecule has 3 aromatic heterocycles. The van der Waals surface area contributed by atoms with E-state index >= 15 is 0 Å². The number of aromatic nitrogens is 5. The van der Waals surface area contributed by atoms with Gasteiger partial charge in [-0.05, 0) is 47.5 Å².